The summed E-state index contributed by atoms with van der Waals surface area (Å²) in [5, 5.41) is 3.77. The second kappa shape index (κ2) is 8.37. The average molecular weight is 380 g/mol. The molecule has 0 unspecified atom stereocenters. The topological polar surface area (TPSA) is 55.4 Å². The number of amides is 1. The molecule has 2 aromatic carbocycles. The molecule has 4 nitrogen and oxygen atoms in total. The zero-order chi connectivity index (χ0) is 18.6. The van der Waals surface area contributed by atoms with Gasteiger partial charge in [-0.3, -0.25) is 4.79 Å². The highest BCUT2D eigenvalue weighted by atomic mass is 35.5. The first kappa shape index (κ1) is 19.3. The quantitative estimate of drug-likeness (QED) is 0.764. The molecule has 6 heteroatoms. The van der Waals surface area contributed by atoms with E-state index in [4.69, 9.17) is 27.9 Å². The van der Waals surface area contributed by atoms with Gasteiger partial charge in [-0.15, -0.1) is 0 Å². The molecule has 0 spiro atoms. The molecule has 25 heavy (non-hydrogen) atoms. The highest BCUT2D eigenvalue weighted by molar-refractivity contribution is 6.35. The van der Waals surface area contributed by atoms with Crippen molar-refractivity contribution in [3.63, 3.8) is 0 Å². The lowest BCUT2D eigenvalue weighted by Gasteiger charge is -2.19. The molecule has 1 N–H and O–H groups in total. The molecule has 132 valence electrons. The minimum Gasteiger partial charge on any atom is -0.449 e. The van der Waals surface area contributed by atoms with Gasteiger partial charge in [-0.25, -0.2) is 4.79 Å². The Balaban J connectivity index is 2.00. The maximum Gasteiger partial charge on any atom is 0.339 e. The van der Waals surface area contributed by atoms with Gasteiger partial charge in [0.05, 0.1) is 11.6 Å². The van der Waals surface area contributed by atoms with Crippen LogP contribution in [-0.4, -0.2) is 18.0 Å². The van der Waals surface area contributed by atoms with Gasteiger partial charge >= 0.3 is 5.97 Å². The van der Waals surface area contributed by atoms with Crippen LogP contribution in [0.15, 0.2) is 42.5 Å². The van der Waals surface area contributed by atoms with Crippen LogP contribution in [0.1, 0.15) is 41.4 Å². The summed E-state index contributed by atoms with van der Waals surface area (Å²) in [5.74, 6) is -0.932. The summed E-state index contributed by atoms with van der Waals surface area (Å²) in [5.41, 5.74) is 1.97. The van der Waals surface area contributed by atoms with Gasteiger partial charge in [-0.05, 0) is 50.1 Å². The number of nitrogens with one attached hydrogen (secondary N) is 1. The van der Waals surface area contributed by atoms with E-state index in [1.807, 2.05) is 19.1 Å². The lowest BCUT2D eigenvalue weighted by Crippen LogP contribution is -2.37. The normalized spacial score (nSPS) is 13.0. The van der Waals surface area contributed by atoms with E-state index in [0.717, 1.165) is 11.1 Å². The number of esters is 1. The molecule has 2 aromatic rings. The van der Waals surface area contributed by atoms with Crippen LogP contribution in [0.4, 0.5) is 0 Å². The van der Waals surface area contributed by atoms with Gasteiger partial charge in [0.25, 0.3) is 5.91 Å². The maximum atomic E-state index is 12.3. The first-order valence-electron chi connectivity index (χ1n) is 7.81. The highest BCUT2D eigenvalue weighted by Crippen LogP contribution is 2.26. The molecule has 0 heterocycles. The van der Waals surface area contributed by atoms with Gasteiger partial charge in [0, 0.05) is 10.0 Å². The molecule has 0 saturated carbocycles. The Labute approximate surface area is 157 Å². The summed E-state index contributed by atoms with van der Waals surface area (Å²) < 4.78 is 5.26. The third-order valence-electron chi connectivity index (χ3n) is 3.81. The van der Waals surface area contributed by atoms with Crippen molar-refractivity contribution in [2.75, 3.05) is 0 Å². The van der Waals surface area contributed by atoms with E-state index in [0.29, 0.717) is 15.6 Å². The van der Waals surface area contributed by atoms with Crippen LogP contribution in [0.5, 0.6) is 0 Å². The van der Waals surface area contributed by atoms with Gasteiger partial charge < -0.3 is 10.1 Å². The number of benzene rings is 2. The van der Waals surface area contributed by atoms with Crippen molar-refractivity contribution in [2.45, 2.75) is 32.9 Å². The molecule has 2 rings (SSSR count). The third-order valence-corrected chi connectivity index (χ3v) is 4.37. The predicted octanol–water partition coefficient (Wildman–Crippen LogP) is 4.72. The van der Waals surface area contributed by atoms with Crippen molar-refractivity contribution >= 4 is 35.1 Å². The molecule has 0 aliphatic heterocycles. The largest absolute Gasteiger partial charge is 0.449 e. The molecular formula is C19H19Cl2NO3. The molecule has 0 radical (unpaired) electrons. The zero-order valence-corrected chi connectivity index (χ0v) is 15.7. The standard InChI is InChI=1S/C19H19Cl2NO3/c1-11-6-4-5-7-15(11)19(24)25-13(3)18(23)22-12(2)16-9-8-14(20)10-17(16)21/h4-10,12-13H,1-3H3,(H,22,23)/t12-,13-/m1/s1. The number of carbonyl (C=O) groups excluding carboxylic acids is 2. The van der Waals surface area contributed by atoms with Crippen LogP contribution < -0.4 is 5.32 Å². The average Bonchev–Trinajstić information content (AvgIpc) is 2.54. The maximum absolute atomic E-state index is 12.3. The highest BCUT2D eigenvalue weighted by Gasteiger charge is 2.22. The van der Waals surface area contributed by atoms with Crippen LogP contribution in [0.3, 0.4) is 0 Å². The first-order chi connectivity index (χ1) is 11.8. The minimum absolute atomic E-state index is 0.350. The Hall–Kier alpha value is -2.04. The molecule has 0 aliphatic rings. The van der Waals surface area contributed by atoms with Gasteiger partial charge in [-0.2, -0.15) is 0 Å². The molecule has 0 aliphatic carbocycles. The Morgan fingerprint density at radius 1 is 1.08 bits per heavy atom. The Morgan fingerprint density at radius 2 is 1.76 bits per heavy atom. The molecule has 0 aromatic heterocycles. The summed E-state index contributed by atoms with van der Waals surface area (Å²) in [6.07, 6.45) is -0.930. The van der Waals surface area contributed by atoms with Crippen LogP contribution in [-0.2, 0) is 9.53 Å². The summed E-state index contributed by atoms with van der Waals surface area (Å²) in [7, 11) is 0. The zero-order valence-electron chi connectivity index (χ0n) is 14.2. The number of carbonyl (C=O) groups is 2. The van der Waals surface area contributed by atoms with Gasteiger partial charge in [-0.1, -0.05) is 47.5 Å². The second-order valence-electron chi connectivity index (χ2n) is 5.76. The lowest BCUT2D eigenvalue weighted by molar-refractivity contribution is -0.129. The van der Waals surface area contributed by atoms with Crippen molar-refractivity contribution in [2.24, 2.45) is 0 Å². The van der Waals surface area contributed by atoms with Crippen molar-refractivity contribution < 1.29 is 14.3 Å². The van der Waals surface area contributed by atoms with E-state index in [9.17, 15) is 9.59 Å². The van der Waals surface area contributed by atoms with Crippen LogP contribution in [0.25, 0.3) is 0 Å². The number of halogens is 2. The van der Waals surface area contributed by atoms with Crippen LogP contribution in [0, 0.1) is 6.92 Å². The van der Waals surface area contributed by atoms with E-state index in [2.05, 4.69) is 5.32 Å². The van der Waals surface area contributed by atoms with Crippen LogP contribution >= 0.6 is 23.2 Å². The summed E-state index contributed by atoms with van der Waals surface area (Å²) in [6, 6.07) is 11.8. The first-order valence-corrected chi connectivity index (χ1v) is 8.57. The van der Waals surface area contributed by atoms with E-state index >= 15 is 0 Å². The van der Waals surface area contributed by atoms with Crippen molar-refractivity contribution in [1.29, 1.82) is 0 Å². The third kappa shape index (κ3) is 4.97. The number of hydrogen-bond donors (Lipinski definition) is 1. The Bertz CT molecular complexity index is 792. The van der Waals surface area contributed by atoms with E-state index < -0.39 is 18.0 Å². The Kier molecular flexibility index (Phi) is 6.45. The summed E-state index contributed by atoms with van der Waals surface area (Å²) in [4.78, 5) is 24.5. The van der Waals surface area contributed by atoms with Crippen LogP contribution in [0.2, 0.25) is 10.0 Å². The van der Waals surface area contributed by atoms with Crippen molar-refractivity contribution in [3.05, 3.63) is 69.2 Å². The Morgan fingerprint density at radius 3 is 2.40 bits per heavy atom. The number of rotatable bonds is 5. The summed E-state index contributed by atoms with van der Waals surface area (Å²) >= 11 is 12.0. The summed E-state index contributed by atoms with van der Waals surface area (Å²) in [6.45, 7) is 5.14. The lowest BCUT2D eigenvalue weighted by atomic mass is 10.1. The molecule has 1 amide bonds. The number of ether oxygens (including phenoxy) is 1. The minimum atomic E-state index is -0.930. The molecule has 0 saturated heterocycles. The van der Waals surface area contributed by atoms with E-state index in [-0.39, 0.29) is 6.04 Å². The molecule has 0 bridgehead atoms. The van der Waals surface area contributed by atoms with E-state index in [1.165, 1.54) is 6.92 Å². The SMILES string of the molecule is Cc1ccccc1C(=O)O[C@H](C)C(=O)N[C@H](C)c1ccc(Cl)cc1Cl. The molecular weight excluding hydrogens is 361 g/mol. The predicted molar refractivity (Wildman–Crippen MR) is 99.1 cm³/mol. The fourth-order valence-electron chi connectivity index (χ4n) is 2.34. The van der Waals surface area contributed by atoms with Gasteiger partial charge in [0.2, 0.25) is 0 Å². The van der Waals surface area contributed by atoms with Gasteiger partial charge in [0.1, 0.15) is 0 Å². The number of aryl methyl sites for hydroxylation is 1. The molecule has 0 fully saturated rings. The van der Waals surface area contributed by atoms with Crippen molar-refractivity contribution in [1.82, 2.24) is 5.32 Å². The van der Waals surface area contributed by atoms with Crippen molar-refractivity contribution in [3.8, 4) is 0 Å². The second-order valence-corrected chi connectivity index (χ2v) is 6.60. The fourth-order valence-corrected chi connectivity index (χ4v) is 2.91. The van der Waals surface area contributed by atoms with Gasteiger partial charge in [0.15, 0.2) is 6.10 Å². The number of hydrogen-bond acceptors (Lipinski definition) is 3. The van der Waals surface area contributed by atoms with E-state index in [1.54, 1.807) is 37.3 Å². The molecule has 2 atom stereocenters. The smallest absolute Gasteiger partial charge is 0.339 e. The monoisotopic (exact) mass is 379 g/mol. The fraction of sp³-hybridized carbons (Fsp3) is 0.263.